The third-order valence-corrected chi connectivity index (χ3v) is 4.72. The van der Waals surface area contributed by atoms with Crippen LogP contribution in [0.25, 0.3) is 0 Å². The van der Waals surface area contributed by atoms with Crippen LogP contribution in [0.1, 0.15) is 13.3 Å². The van der Waals surface area contributed by atoms with Crippen LogP contribution in [0.2, 0.25) is 0 Å². The molecule has 1 aromatic rings. The van der Waals surface area contributed by atoms with Crippen molar-refractivity contribution in [2.75, 3.05) is 25.2 Å². The summed E-state index contributed by atoms with van der Waals surface area (Å²) in [5, 5.41) is 0. The molecule has 0 unspecified atom stereocenters. The Morgan fingerprint density at radius 2 is 2.14 bits per heavy atom. The number of rotatable bonds is 3. The van der Waals surface area contributed by atoms with Crippen LogP contribution in [0.3, 0.4) is 0 Å². The summed E-state index contributed by atoms with van der Waals surface area (Å²) in [4.78, 5) is 14.2. The number of ether oxygens (including phenoxy) is 4. The van der Waals surface area contributed by atoms with E-state index in [1.54, 1.807) is 12.0 Å². The van der Waals surface area contributed by atoms with Gasteiger partial charge >= 0.3 is 0 Å². The molecule has 0 saturated carbocycles. The van der Waals surface area contributed by atoms with Crippen molar-refractivity contribution >= 4 is 11.6 Å². The molecule has 3 aliphatic rings. The highest BCUT2D eigenvalue weighted by Crippen LogP contribution is 2.42. The fraction of sp³-hybridized carbons (Fsp3) is 0.562. The van der Waals surface area contributed by atoms with E-state index in [0.29, 0.717) is 19.6 Å². The molecule has 0 aromatic heterocycles. The maximum atomic E-state index is 12.4. The minimum Gasteiger partial charge on any atom is -0.497 e. The van der Waals surface area contributed by atoms with Crippen LogP contribution in [0.4, 0.5) is 5.69 Å². The van der Waals surface area contributed by atoms with Gasteiger partial charge in [-0.15, -0.1) is 0 Å². The topological polar surface area (TPSA) is 57.2 Å². The number of β-lactam (4-membered cyclic amide) rings is 1. The van der Waals surface area contributed by atoms with E-state index in [9.17, 15) is 4.79 Å². The SMILES string of the molecule is CC[C@@]12CO[C@H]3C(=O)N(c4ccc(OC)cc4)[C@H]3[C@@H](CO1)O2. The van der Waals surface area contributed by atoms with E-state index in [0.717, 1.165) is 11.4 Å². The second-order valence-electron chi connectivity index (χ2n) is 5.86. The van der Waals surface area contributed by atoms with Crippen molar-refractivity contribution in [1.82, 2.24) is 0 Å². The Morgan fingerprint density at radius 3 is 2.82 bits per heavy atom. The van der Waals surface area contributed by atoms with Gasteiger partial charge in [0, 0.05) is 12.1 Å². The largest absolute Gasteiger partial charge is 0.497 e. The van der Waals surface area contributed by atoms with Crippen molar-refractivity contribution in [1.29, 1.82) is 0 Å². The van der Waals surface area contributed by atoms with Gasteiger partial charge in [0.05, 0.1) is 13.7 Å². The highest BCUT2D eigenvalue weighted by atomic mass is 16.8. The molecule has 0 radical (unpaired) electrons. The van der Waals surface area contributed by atoms with E-state index in [1.807, 2.05) is 31.2 Å². The third kappa shape index (κ3) is 1.87. The summed E-state index contributed by atoms with van der Waals surface area (Å²) in [5.74, 6) is 0.0573. The van der Waals surface area contributed by atoms with Gasteiger partial charge < -0.3 is 23.8 Å². The number of carbonyl (C=O) groups is 1. The summed E-state index contributed by atoms with van der Waals surface area (Å²) < 4.78 is 22.8. The summed E-state index contributed by atoms with van der Waals surface area (Å²) in [7, 11) is 1.62. The van der Waals surface area contributed by atoms with Gasteiger partial charge in [0.25, 0.3) is 5.91 Å². The average molecular weight is 305 g/mol. The number of hydrogen-bond donors (Lipinski definition) is 0. The fourth-order valence-electron chi connectivity index (χ4n) is 3.38. The molecule has 118 valence electrons. The number of methoxy groups -OCH3 is 1. The maximum Gasteiger partial charge on any atom is 0.258 e. The van der Waals surface area contributed by atoms with E-state index in [1.165, 1.54) is 0 Å². The zero-order valence-corrected chi connectivity index (χ0v) is 12.7. The highest BCUT2D eigenvalue weighted by Gasteiger charge is 2.60. The Bertz CT molecular complexity index is 589. The quantitative estimate of drug-likeness (QED) is 0.789. The standard InChI is InChI=1S/C16H19NO5/c1-3-16-9-20-14-13(12(22-16)8-21-16)17(15(14)18)10-4-6-11(19-2)7-5-10/h4-7,12-14H,3,8-9H2,1-2H3/t12-,13+,14-,16-/m1/s1. The van der Waals surface area contributed by atoms with Gasteiger partial charge in [-0.1, -0.05) is 6.92 Å². The molecule has 22 heavy (non-hydrogen) atoms. The molecule has 3 saturated heterocycles. The zero-order chi connectivity index (χ0) is 15.3. The fourth-order valence-corrected chi connectivity index (χ4v) is 3.38. The lowest BCUT2D eigenvalue weighted by Crippen LogP contribution is -2.70. The summed E-state index contributed by atoms with van der Waals surface area (Å²) in [6.07, 6.45) is 0.135. The Kier molecular flexibility index (Phi) is 3.14. The molecule has 3 aliphatic heterocycles. The van der Waals surface area contributed by atoms with Crippen molar-refractivity contribution in [3.05, 3.63) is 24.3 Å². The van der Waals surface area contributed by atoms with Gasteiger partial charge in [-0.25, -0.2) is 0 Å². The lowest BCUT2D eigenvalue weighted by Gasteiger charge is -2.47. The molecule has 6 heteroatoms. The number of hydrogen-bond acceptors (Lipinski definition) is 5. The number of fused-ring (bicyclic) bond motifs is 4. The van der Waals surface area contributed by atoms with E-state index in [2.05, 4.69) is 0 Å². The van der Waals surface area contributed by atoms with Crippen LogP contribution < -0.4 is 9.64 Å². The molecule has 6 nitrogen and oxygen atoms in total. The van der Waals surface area contributed by atoms with Gasteiger partial charge in [0.2, 0.25) is 0 Å². The average Bonchev–Trinajstić information content (AvgIpc) is 2.90. The van der Waals surface area contributed by atoms with Crippen molar-refractivity contribution in [2.24, 2.45) is 0 Å². The molecule has 1 amide bonds. The van der Waals surface area contributed by atoms with E-state index in [-0.39, 0.29) is 18.1 Å². The van der Waals surface area contributed by atoms with Crippen molar-refractivity contribution < 1.29 is 23.7 Å². The minimum atomic E-state index is -0.687. The molecule has 4 rings (SSSR count). The van der Waals surface area contributed by atoms with Crippen molar-refractivity contribution in [3.63, 3.8) is 0 Å². The normalized spacial score (nSPS) is 36.5. The molecular weight excluding hydrogens is 286 g/mol. The molecule has 4 atom stereocenters. The first-order valence-corrected chi connectivity index (χ1v) is 7.58. The molecule has 0 spiro atoms. The van der Waals surface area contributed by atoms with Crippen LogP contribution in [0.15, 0.2) is 24.3 Å². The summed E-state index contributed by atoms with van der Waals surface area (Å²) in [6, 6.07) is 7.31. The van der Waals surface area contributed by atoms with Gasteiger partial charge in [-0.05, 0) is 24.3 Å². The first-order chi connectivity index (χ1) is 10.7. The Labute approximate surface area is 128 Å². The molecule has 3 fully saturated rings. The van der Waals surface area contributed by atoms with Gasteiger partial charge in [-0.3, -0.25) is 4.79 Å². The van der Waals surface area contributed by atoms with E-state index < -0.39 is 11.9 Å². The summed E-state index contributed by atoms with van der Waals surface area (Å²) in [6.45, 7) is 2.81. The maximum absolute atomic E-state index is 12.4. The molecule has 0 aliphatic carbocycles. The van der Waals surface area contributed by atoms with Crippen LogP contribution in [0, 0.1) is 0 Å². The molecule has 0 N–H and O–H groups in total. The molecule has 2 bridgehead atoms. The Balaban J connectivity index is 1.61. The van der Waals surface area contributed by atoms with Crippen LogP contribution in [0.5, 0.6) is 5.75 Å². The minimum absolute atomic E-state index is 0.0161. The van der Waals surface area contributed by atoms with Crippen molar-refractivity contribution in [2.45, 2.75) is 37.4 Å². The second kappa shape index (κ2) is 4.94. The predicted molar refractivity (Wildman–Crippen MR) is 77.9 cm³/mol. The lowest BCUT2D eigenvalue weighted by atomic mass is 9.91. The summed E-state index contributed by atoms with van der Waals surface area (Å²) >= 11 is 0. The number of nitrogens with zero attached hydrogens (tertiary/aromatic N) is 1. The summed E-state index contributed by atoms with van der Waals surface area (Å²) in [5.41, 5.74) is 0.829. The first-order valence-electron chi connectivity index (χ1n) is 7.58. The van der Waals surface area contributed by atoms with Gasteiger partial charge in [0.1, 0.15) is 24.5 Å². The van der Waals surface area contributed by atoms with Gasteiger partial charge in [-0.2, -0.15) is 0 Å². The monoisotopic (exact) mass is 305 g/mol. The number of benzene rings is 1. The zero-order valence-electron chi connectivity index (χ0n) is 12.7. The Morgan fingerprint density at radius 1 is 1.36 bits per heavy atom. The lowest BCUT2D eigenvalue weighted by molar-refractivity contribution is -0.196. The number of anilines is 1. The van der Waals surface area contributed by atoms with Crippen LogP contribution >= 0.6 is 0 Å². The smallest absolute Gasteiger partial charge is 0.258 e. The molecule has 1 aromatic carbocycles. The predicted octanol–water partition coefficient (Wildman–Crippen LogP) is 1.33. The second-order valence-corrected chi connectivity index (χ2v) is 5.86. The number of amides is 1. The van der Waals surface area contributed by atoms with E-state index >= 15 is 0 Å². The van der Waals surface area contributed by atoms with Crippen LogP contribution in [-0.2, 0) is 19.0 Å². The van der Waals surface area contributed by atoms with Gasteiger partial charge in [0.15, 0.2) is 11.9 Å². The van der Waals surface area contributed by atoms with Crippen molar-refractivity contribution in [3.8, 4) is 5.75 Å². The third-order valence-electron chi connectivity index (χ3n) is 4.72. The molecular formula is C16H19NO5. The van der Waals surface area contributed by atoms with Crippen LogP contribution in [-0.4, -0.2) is 50.3 Å². The number of carbonyl (C=O) groups excluding carboxylic acids is 1. The first kappa shape index (κ1) is 14.0. The Hall–Kier alpha value is -1.63. The molecule has 3 heterocycles. The van der Waals surface area contributed by atoms with E-state index in [4.69, 9.17) is 18.9 Å². The highest BCUT2D eigenvalue weighted by molar-refractivity contribution is 6.05.